The molecule has 2 heterocycles. The Bertz CT molecular complexity index is 1500. The van der Waals surface area contributed by atoms with Crippen LogP contribution in [0.5, 0.6) is 11.5 Å². The largest absolute Gasteiger partial charge is 0.508 e. The molecule has 8 heteroatoms. The third kappa shape index (κ3) is 10.6. The highest BCUT2D eigenvalue weighted by Crippen LogP contribution is 2.25. The summed E-state index contributed by atoms with van der Waals surface area (Å²) in [5.74, 6) is 1.60. The number of hydrogen-bond donors (Lipinski definition) is 3. The molecule has 0 fully saturated rings. The first-order valence-corrected chi connectivity index (χ1v) is 17.4. The minimum atomic E-state index is -0.607. The second kappa shape index (κ2) is 17.2. The van der Waals surface area contributed by atoms with Gasteiger partial charge in [0.1, 0.15) is 11.5 Å². The molecule has 0 radical (unpaired) electrons. The Kier molecular flexibility index (Phi) is 13.1. The normalized spacial score (nSPS) is 12.5. The van der Waals surface area contributed by atoms with Gasteiger partial charge in [-0.3, -0.25) is 9.89 Å². The SMILES string of the molecule is CCCCCCCCCCCCC(Oc1ccc(O)c(C)c1)C(=O)Nc1ccc(CCCc2nnc3cc(C(C)(C)C)[nH]n23)cc1. The zero-order valence-electron chi connectivity index (χ0n) is 28.7. The van der Waals surface area contributed by atoms with Crippen molar-refractivity contribution >= 4 is 17.2 Å². The highest BCUT2D eigenvalue weighted by molar-refractivity contribution is 5.94. The summed E-state index contributed by atoms with van der Waals surface area (Å²) in [5.41, 5.74) is 4.72. The molecule has 1 atom stereocenters. The number of benzene rings is 2. The number of aromatic amines is 1. The monoisotopic (exact) mass is 629 g/mol. The van der Waals surface area contributed by atoms with E-state index in [0.717, 1.165) is 60.5 Å². The lowest BCUT2D eigenvalue weighted by Crippen LogP contribution is -2.33. The van der Waals surface area contributed by atoms with Gasteiger partial charge in [0.25, 0.3) is 5.91 Å². The van der Waals surface area contributed by atoms with Crippen molar-refractivity contribution in [1.82, 2.24) is 19.8 Å². The molecule has 0 aliphatic rings. The summed E-state index contributed by atoms with van der Waals surface area (Å²) < 4.78 is 8.18. The van der Waals surface area contributed by atoms with Crippen LogP contribution in [0.1, 0.15) is 127 Å². The van der Waals surface area contributed by atoms with Gasteiger partial charge >= 0.3 is 0 Å². The Labute approximate surface area is 275 Å². The first kappa shape index (κ1) is 35.1. The van der Waals surface area contributed by atoms with E-state index in [1.165, 1.54) is 56.9 Å². The van der Waals surface area contributed by atoms with Crippen LogP contribution < -0.4 is 10.1 Å². The molecule has 0 spiro atoms. The van der Waals surface area contributed by atoms with Gasteiger partial charge in [0.2, 0.25) is 0 Å². The van der Waals surface area contributed by atoms with Crippen LogP contribution in [0, 0.1) is 6.92 Å². The van der Waals surface area contributed by atoms with Gasteiger partial charge < -0.3 is 15.2 Å². The zero-order valence-corrected chi connectivity index (χ0v) is 28.7. The first-order valence-electron chi connectivity index (χ1n) is 17.4. The summed E-state index contributed by atoms with van der Waals surface area (Å²) in [4.78, 5) is 13.4. The number of carbonyl (C=O) groups is 1. The number of phenolic OH excluding ortho intramolecular Hbond substituents is 1. The van der Waals surface area contributed by atoms with Gasteiger partial charge in [-0.1, -0.05) is 97.6 Å². The van der Waals surface area contributed by atoms with Crippen molar-refractivity contribution < 1.29 is 14.6 Å². The summed E-state index contributed by atoms with van der Waals surface area (Å²) in [7, 11) is 0. The lowest BCUT2D eigenvalue weighted by molar-refractivity contribution is -0.123. The number of anilines is 1. The van der Waals surface area contributed by atoms with Crippen LogP contribution in [0.15, 0.2) is 48.5 Å². The number of carbonyl (C=O) groups excluding carboxylic acids is 1. The number of hydrogen-bond acceptors (Lipinski definition) is 5. The van der Waals surface area contributed by atoms with E-state index in [-0.39, 0.29) is 17.1 Å². The van der Waals surface area contributed by atoms with E-state index in [2.05, 4.69) is 66.5 Å². The number of aryl methyl sites for hydroxylation is 3. The van der Waals surface area contributed by atoms with E-state index in [1.54, 1.807) is 18.2 Å². The van der Waals surface area contributed by atoms with Crippen molar-refractivity contribution in [2.45, 2.75) is 136 Å². The van der Waals surface area contributed by atoms with Crippen molar-refractivity contribution in [3.8, 4) is 11.5 Å². The van der Waals surface area contributed by atoms with Crippen LogP contribution in [0.3, 0.4) is 0 Å². The summed E-state index contributed by atoms with van der Waals surface area (Å²) in [6.07, 6.45) is 15.1. The van der Waals surface area contributed by atoms with E-state index in [1.807, 2.05) is 23.6 Å². The van der Waals surface area contributed by atoms with E-state index in [0.29, 0.717) is 12.2 Å². The second-order valence-corrected chi connectivity index (χ2v) is 13.8. The lowest BCUT2D eigenvalue weighted by Gasteiger charge is -2.19. The fourth-order valence-electron chi connectivity index (χ4n) is 5.73. The van der Waals surface area contributed by atoms with Crippen molar-refractivity contribution in [1.29, 1.82) is 0 Å². The molecular weight excluding hydrogens is 574 g/mol. The minimum absolute atomic E-state index is 0.0266. The molecule has 1 amide bonds. The smallest absolute Gasteiger partial charge is 0.265 e. The van der Waals surface area contributed by atoms with Crippen LogP contribution in [0.25, 0.3) is 5.65 Å². The first-order chi connectivity index (χ1) is 22.1. The van der Waals surface area contributed by atoms with Crippen LogP contribution in [-0.2, 0) is 23.1 Å². The second-order valence-electron chi connectivity index (χ2n) is 13.8. The summed E-state index contributed by atoms with van der Waals surface area (Å²) in [5, 5.41) is 25.2. The van der Waals surface area contributed by atoms with Gasteiger partial charge in [-0.2, -0.15) is 0 Å². The van der Waals surface area contributed by atoms with Crippen molar-refractivity contribution in [2.24, 2.45) is 0 Å². The number of aromatic nitrogens is 4. The fraction of sp³-hybridized carbons (Fsp3) is 0.553. The number of fused-ring (bicyclic) bond motifs is 1. The fourth-order valence-corrected chi connectivity index (χ4v) is 5.73. The maximum Gasteiger partial charge on any atom is 0.265 e. The molecule has 250 valence electrons. The summed E-state index contributed by atoms with van der Waals surface area (Å²) >= 11 is 0. The average molecular weight is 630 g/mol. The Balaban J connectivity index is 1.26. The lowest BCUT2D eigenvalue weighted by atomic mass is 9.93. The highest BCUT2D eigenvalue weighted by atomic mass is 16.5. The van der Waals surface area contributed by atoms with Gasteiger partial charge in [-0.25, -0.2) is 4.52 Å². The van der Waals surface area contributed by atoms with Crippen LogP contribution in [0.2, 0.25) is 0 Å². The zero-order chi connectivity index (χ0) is 32.9. The number of nitrogens with zero attached hydrogens (tertiary/aromatic N) is 3. The Morgan fingerprint density at radius 2 is 1.57 bits per heavy atom. The van der Waals surface area contributed by atoms with Gasteiger partial charge in [0.15, 0.2) is 17.6 Å². The number of amides is 1. The molecule has 3 N–H and O–H groups in total. The van der Waals surface area contributed by atoms with Crippen LogP contribution in [0.4, 0.5) is 5.69 Å². The standard InChI is InChI=1S/C38H55N5O3/c1-6-7-8-9-10-11-12-13-14-15-18-33(46-31-24-25-32(44)28(2)26-31)37(45)39-30-22-20-29(21-23-30)17-16-19-35-40-41-36-27-34(38(3,4)5)42-43(35)36/h20-27,33,42,44H,6-19H2,1-5H3,(H,39,45). The van der Waals surface area contributed by atoms with Crippen LogP contribution in [-0.4, -0.2) is 36.9 Å². The third-order valence-corrected chi connectivity index (χ3v) is 8.72. The van der Waals surface area contributed by atoms with E-state index < -0.39 is 6.10 Å². The molecule has 2 aromatic carbocycles. The van der Waals surface area contributed by atoms with E-state index in [9.17, 15) is 9.90 Å². The molecule has 46 heavy (non-hydrogen) atoms. The van der Waals surface area contributed by atoms with Gasteiger partial charge in [0, 0.05) is 29.3 Å². The predicted octanol–water partition coefficient (Wildman–Crippen LogP) is 9.24. The highest BCUT2D eigenvalue weighted by Gasteiger charge is 2.21. The number of rotatable bonds is 19. The summed E-state index contributed by atoms with van der Waals surface area (Å²) in [6.45, 7) is 10.6. The van der Waals surface area contributed by atoms with Gasteiger partial charge in [0.05, 0.1) is 0 Å². The molecule has 8 nitrogen and oxygen atoms in total. The van der Waals surface area contributed by atoms with Crippen molar-refractivity contribution in [2.75, 3.05) is 5.32 Å². The summed E-state index contributed by atoms with van der Waals surface area (Å²) in [6, 6.07) is 15.3. The number of nitrogens with one attached hydrogen (secondary N) is 2. The van der Waals surface area contributed by atoms with Gasteiger partial charge in [-0.15, -0.1) is 10.2 Å². The molecule has 4 aromatic rings. The van der Waals surface area contributed by atoms with Crippen molar-refractivity contribution in [3.63, 3.8) is 0 Å². The number of phenols is 1. The quantitative estimate of drug-likeness (QED) is 0.0897. The molecule has 0 saturated carbocycles. The maximum absolute atomic E-state index is 13.4. The third-order valence-electron chi connectivity index (χ3n) is 8.72. The number of ether oxygens (including phenoxy) is 1. The van der Waals surface area contributed by atoms with E-state index in [4.69, 9.17) is 4.74 Å². The average Bonchev–Trinajstić information content (AvgIpc) is 3.62. The molecule has 0 aliphatic heterocycles. The van der Waals surface area contributed by atoms with Crippen LogP contribution >= 0.6 is 0 Å². The van der Waals surface area contributed by atoms with Gasteiger partial charge in [-0.05, 0) is 74.1 Å². The minimum Gasteiger partial charge on any atom is -0.508 e. The maximum atomic E-state index is 13.4. The Morgan fingerprint density at radius 3 is 2.22 bits per heavy atom. The molecule has 0 saturated heterocycles. The number of H-pyrrole nitrogens is 1. The van der Waals surface area contributed by atoms with E-state index >= 15 is 0 Å². The predicted molar refractivity (Wildman–Crippen MR) is 187 cm³/mol. The molecule has 0 bridgehead atoms. The molecule has 1 unspecified atom stereocenters. The molecule has 0 aliphatic carbocycles. The molecular formula is C38H55N5O3. The topological polar surface area (TPSA) is 105 Å². The molecule has 2 aromatic heterocycles. The number of unbranched alkanes of at least 4 members (excludes halogenated alkanes) is 9. The Hall–Kier alpha value is -3.81. The Morgan fingerprint density at radius 1 is 0.891 bits per heavy atom. The number of aromatic hydroxyl groups is 1. The molecule has 4 rings (SSSR count). The van der Waals surface area contributed by atoms with Crippen molar-refractivity contribution in [3.05, 3.63) is 71.2 Å².